The molecule has 1 unspecified atom stereocenters. The van der Waals surface area contributed by atoms with Gasteiger partial charge in [-0.2, -0.15) is 0 Å². The van der Waals surface area contributed by atoms with Crippen molar-refractivity contribution in [1.82, 2.24) is 4.90 Å². The molecule has 3 rings (SSSR count). The molecule has 2 N–H and O–H groups in total. The van der Waals surface area contributed by atoms with E-state index < -0.39 is 29.5 Å². The first-order valence-electron chi connectivity index (χ1n) is 9.38. The zero-order valence-corrected chi connectivity index (χ0v) is 16.7. The van der Waals surface area contributed by atoms with E-state index in [1.165, 1.54) is 11.0 Å². The van der Waals surface area contributed by atoms with Crippen LogP contribution >= 0.6 is 11.6 Å². The fourth-order valence-corrected chi connectivity index (χ4v) is 3.62. The van der Waals surface area contributed by atoms with Gasteiger partial charge in [-0.15, -0.1) is 0 Å². The van der Waals surface area contributed by atoms with Crippen molar-refractivity contribution in [3.05, 3.63) is 88.2 Å². The third-order valence-corrected chi connectivity index (χ3v) is 5.13. The molecule has 0 aromatic heterocycles. The minimum absolute atomic E-state index is 0.0598. The zero-order chi connectivity index (χ0) is 21.7. The van der Waals surface area contributed by atoms with Crippen molar-refractivity contribution in [3.63, 3.8) is 0 Å². The Morgan fingerprint density at radius 1 is 1.07 bits per heavy atom. The van der Waals surface area contributed by atoms with E-state index in [1.54, 1.807) is 30.3 Å². The summed E-state index contributed by atoms with van der Waals surface area (Å²) in [6.45, 7) is 0.0598. The number of rotatable bonds is 8. The van der Waals surface area contributed by atoms with Crippen LogP contribution in [0.25, 0.3) is 6.08 Å². The highest BCUT2D eigenvalue weighted by molar-refractivity contribution is 6.31. The van der Waals surface area contributed by atoms with E-state index >= 15 is 0 Å². The zero-order valence-electron chi connectivity index (χ0n) is 16.0. The smallest absolute Gasteiger partial charge is 0.303 e. The Morgan fingerprint density at radius 2 is 1.73 bits per heavy atom. The van der Waals surface area contributed by atoms with Gasteiger partial charge >= 0.3 is 5.97 Å². The van der Waals surface area contributed by atoms with Gasteiger partial charge in [0.25, 0.3) is 5.91 Å². The van der Waals surface area contributed by atoms with Gasteiger partial charge in [0.2, 0.25) is 0 Å². The molecule has 7 heteroatoms. The molecular formula is C23H20ClNO5. The number of aliphatic carboxylic acids is 1. The maximum Gasteiger partial charge on any atom is 0.303 e. The quantitative estimate of drug-likeness (QED) is 0.618. The summed E-state index contributed by atoms with van der Waals surface area (Å²) >= 11 is 6.33. The number of carbonyl (C=O) groups is 3. The summed E-state index contributed by atoms with van der Waals surface area (Å²) in [5.74, 6) is -2.87. The lowest BCUT2D eigenvalue weighted by Crippen LogP contribution is -2.32. The number of hydrogen-bond donors (Lipinski definition) is 2. The summed E-state index contributed by atoms with van der Waals surface area (Å²) in [6, 6.07) is 15.0. The molecule has 1 aliphatic heterocycles. The van der Waals surface area contributed by atoms with E-state index in [0.717, 1.165) is 5.56 Å². The van der Waals surface area contributed by atoms with Crippen LogP contribution in [0, 0.1) is 0 Å². The molecule has 0 saturated heterocycles. The van der Waals surface area contributed by atoms with Crippen molar-refractivity contribution in [2.24, 2.45) is 0 Å². The minimum Gasteiger partial charge on any atom is -0.503 e. The maximum absolute atomic E-state index is 13.0. The van der Waals surface area contributed by atoms with Crippen molar-refractivity contribution in [1.29, 1.82) is 0 Å². The normalized spacial score (nSPS) is 16.5. The molecule has 1 heterocycles. The number of hydrogen-bond acceptors (Lipinski definition) is 4. The van der Waals surface area contributed by atoms with E-state index in [0.29, 0.717) is 10.6 Å². The SMILES string of the molecule is O=C(O)CCCN1C(=O)C(O)=C(C(=O)/C=C/c2ccccc2)C1c1ccccc1Cl. The first-order valence-corrected chi connectivity index (χ1v) is 9.75. The first kappa shape index (κ1) is 21.3. The molecule has 0 fully saturated rings. The molecule has 6 nitrogen and oxygen atoms in total. The third kappa shape index (κ3) is 4.60. The molecule has 2 aromatic carbocycles. The number of aliphatic hydroxyl groups is 1. The number of amides is 1. The molecule has 0 spiro atoms. The summed E-state index contributed by atoms with van der Waals surface area (Å²) in [5.41, 5.74) is 1.21. The molecule has 30 heavy (non-hydrogen) atoms. The van der Waals surface area contributed by atoms with E-state index in [1.807, 2.05) is 30.3 Å². The van der Waals surface area contributed by atoms with Crippen LogP contribution in [-0.2, 0) is 14.4 Å². The summed E-state index contributed by atoms with van der Waals surface area (Å²) in [6.07, 6.45) is 2.94. The Balaban J connectivity index is 1.96. The second-order valence-electron chi connectivity index (χ2n) is 6.79. The molecule has 1 amide bonds. The van der Waals surface area contributed by atoms with Gasteiger partial charge in [-0.3, -0.25) is 14.4 Å². The molecule has 0 saturated carbocycles. The summed E-state index contributed by atoms with van der Waals surface area (Å²) in [7, 11) is 0. The topological polar surface area (TPSA) is 94.9 Å². The number of nitrogens with zero attached hydrogens (tertiary/aromatic N) is 1. The van der Waals surface area contributed by atoms with E-state index in [4.69, 9.17) is 16.7 Å². The number of allylic oxidation sites excluding steroid dienone is 1. The van der Waals surface area contributed by atoms with Crippen LogP contribution in [0.15, 0.2) is 72.0 Å². The number of carboxylic acid groups (broad SMARTS) is 1. The monoisotopic (exact) mass is 425 g/mol. The van der Waals surface area contributed by atoms with Gasteiger partial charge in [-0.25, -0.2) is 0 Å². The standard InChI is InChI=1S/C23H20ClNO5/c24-17-10-5-4-9-16(17)21-20(18(26)13-12-15-7-2-1-3-8-15)22(29)23(30)25(21)14-6-11-19(27)28/h1-5,7-10,12-13,21,29H,6,11,14H2,(H,27,28)/b13-12+. The predicted molar refractivity (Wildman–Crippen MR) is 113 cm³/mol. The van der Waals surface area contributed by atoms with Crippen molar-refractivity contribution in [2.75, 3.05) is 6.54 Å². The summed E-state index contributed by atoms with van der Waals surface area (Å²) < 4.78 is 0. The Hall–Kier alpha value is -3.38. The second kappa shape index (κ2) is 9.41. The van der Waals surface area contributed by atoms with Crippen molar-refractivity contribution in [2.45, 2.75) is 18.9 Å². The van der Waals surface area contributed by atoms with Gasteiger partial charge in [0.1, 0.15) is 0 Å². The average Bonchev–Trinajstić information content (AvgIpc) is 2.98. The molecule has 2 aromatic rings. The van der Waals surface area contributed by atoms with Crippen LogP contribution < -0.4 is 0 Å². The van der Waals surface area contributed by atoms with Crippen LogP contribution in [0.3, 0.4) is 0 Å². The third-order valence-electron chi connectivity index (χ3n) is 4.79. The Bertz CT molecular complexity index is 1030. The molecule has 1 aliphatic rings. The number of benzene rings is 2. The number of carboxylic acids is 1. The van der Waals surface area contributed by atoms with E-state index in [2.05, 4.69) is 0 Å². The van der Waals surface area contributed by atoms with Crippen molar-refractivity contribution in [3.8, 4) is 0 Å². The first-order chi connectivity index (χ1) is 14.4. The molecule has 1 atom stereocenters. The fourth-order valence-electron chi connectivity index (χ4n) is 3.38. The lowest BCUT2D eigenvalue weighted by molar-refractivity contribution is -0.138. The Morgan fingerprint density at radius 3 is 2.40 bits per heavy atom. The molecule has 154 valence electrons. The Kier molecular flexibility index (Phi) is 6.69. The van der Waals surface area contributed by atoms with Crippen LogP contribution in [0.2, 0.25) is 5.02 Å². The highest BCUT2D eigenvalue weighted by Crippen LogP contribution is 2.40. The number of halogens is 1. The van der Waals surface area contributed by atoms with Gasteiger partial charge in [0, 0.05) is 18.0 Å². The van der Waals surface area contributed by atoms with Gasteiger partial charge < -0.3 is 15.1 Å². The van der Waals surface area contributed by atoms with Crippen LogP contribution in [0.1, 0.15) is 30.0 Å². The van der Waals surface area contributed by atoms with Gasteiger partial charge in [-0.1, -0.05) is 66.2 Å². The molecule has 0 bridgehead atoms. The van der Waals surface area contributed by atoms with Crippen molar-refractivity contribution >= 4 is 35.3 Å². The number of ketones is 1. The lowest BCUT2D eigenvalue weighted by Gasteiger charge is -2.27. The second-order valence-corrected chi connectivity index (χ2v) is 7.20. The molecule has 0 radical (unpaired) electrons. The summed E-state index contributed by atoms with van der Waals surface area (Å²) in [4.78, 5) is 37.9. The van der Waals surface area contributed by atoms with E-state index in [9.17, 15) is 19.5 Å². The highest BCUT2D eigenvalue weighted by atomic mass is 35.5. The number of aliphatic hydroxyl groups excluding tert-OH is 1. The lowest BCUT2D eigenvalue weighted by atomic mass is 9.95. The number of carbonyl (C=O) groups excluding carboxylic acids is 2. The largest absolute Gasteiger partial charge is 0.503 e. The van der Waals surface area contributed by atoms with Crippen LogP contribution in [0.4, 0.5) is 0 Å². The summed E-state index contributed by atoms with van der Waals surface area (Å²) in [5, 5.41) is 19.7. The highest BCUT2D eigenvalue weighted by Gasteiger charge is 2.43. The van der Waals surface area contributed by atoms with Crippen LogP contribution in [0.5, 0.6) is 0 Å². The van der Waals surface area contributed by atoms with E-state index in [-0.39, 0.29) is 25.0 Å². The average molecular weight is 426 g/mol. The van der Waals surface area contributed by atoms with Crippen molar-refractivity contribution < 1.29 is 24.6 Å². The van der Waals surface area contributed by atoms with Gasteiger partial charge in [0.05, 0.1) is 11.6 Å². The molecule has 0 aliphatic carbocycles. The molecular weight excluding hydrogens is 406 g/mol. The van der Waals surface area contributed by atoms with Crippen LogP contribution in [-0.4, -0.2) is 39.3 Å². The Labute approximate surface area is 178 Å². The van der Waals surface area contributed by atoms with Gasteiger partial charge in [0.15, 0.2) is 11.5 Å². The fraction of sp³-hybridized carbons (Fsp3) is 0.174. The minimum atomic E-state index is -0.991. The predicted octanol–water partition coefficient (Wildman–Crippen LogP) is 4.18. The van der Waals surface area contributed by atoms with Gasteiger partial charge in [-0.05, 0) is 29.7 Å². The maximum atomic E-state index is 13.0.